The average Bonchev–Trinajstić information content (AvgIpc) is 3.68. The summed E-state index contributed by atoms with van der Waals surface area (Å²) in [5.74, 6) is 0. The molecule has 0 N–H and O–H groups in total. The van der Waals surface area contributed by atoms with Gasteiger partial charge in [-0.25, -0.2) is 0 Å². The van der Waals surface area contributed by atoms with Crippen LogP contribution in [0.15, 0.2) is 174 Å². The van der Waals surface area contributed by atoms with Crippen molar-refractivity contribution >= 4 is 54.3 Å². The molecule has 0 radical (unpaired) electrons. The normalized spacial score (nSPS) is 13.3. The lowest BCUT2D eigenvalue weighted by Crippen LogP contribution is -2.15. The number of benzene rings is 9. The Hall–Kier alpha value is -6.44. The Kier molecular flexibility index (Phi) is 6.08. The predicted molar refractivity (Wildman–Crippen MR) is 220 cm³/mol. The first-order valence-electron chi connectivity index (χ1n) is 18.2. The van der Waals surface area contributed by atoms with Crippen LogP contribution in [0.1, 0.15) is 25.0 Å². The standard InChI is InChI=1S/C51H34O/c1-51(2)45-28-32(43-30-44-37-17-12-13-23-47(37)52-50(44)42-22-11-6-16-34(42)43)24-26-35(45)36-27-25-33(29-46(36)51)49-40-20-9-7-18-38(40)48(31-14-4-3-5-15-31)39-19-8-10-21-41(39)49/h3-30H,1-2H3. The first-order valence-corrected chi connectivity index (χ1v) is 18.2. The molecule has 0 atom stereocenters. The van der Waals surface area contributed by atoms with Crippen LogP contribution >= 0.6 is 0 Å². The van der Waals surface area contributed by atoms with Gasteiger partial charge in [0.05, 0.1) is 0 Å². The fourth-order valence-electron chi connectivity index (χ4n) is 9.20. The number of fused-ring (bicyclic) bond motifs is 10. The van der Waals surface area contributed by atoms with E-state index in [1.165, 1.54) is 82.6 Å². The second-order valence-corrected chi connectivity index (χ2v) is 14.8. The SMILES string of the molecule is CC1(C)c2cc(-c3c4ccccc4c(-c4ccccc4)c4ccccc34)ccc2-c2ccc(-c3cc4c5ccccc5oc4c4ccccc34)cc21. The molecule has 0 saturated heterocycles. The molecule has 0 unspecified atom stereocenters. The quantitative estimate of drug-likeness (QED) is 0.172. The number of hydrogen-bond donors (Lipinski definition) is 0. The van der Waals surface area contributed by atoms with Crippen LogP contribution in [0.2, 0.25) is 0 Å². The monoisotopic (exact) mass is 662 g/mol. The van der Waals surface area contributed by atoms with Crippen LogP contribution in [0.5, 0.6) is 0 Å². The summed E-state index contributed by atoms with van der Waals surface area (Å²) in [7, 11) is 0. The molecule has 0 aliphatic heterocycles. The van der Waals surface area contributed by atoms with Gasteiger partial charge < -0.3 is 4.42 Å². The highest BCUT2D eigenvalue weighted by Gasteiger charge is 2.36. The van der Waals surface area contributed by atoms with Gasteiger partial charge in [-0.2, -0.15) is 0 Å². The molecule has 1 heteroatoms. The van der Waals surface area contributed by atoms with Crippen LogP contribution in [0.25, 0.3) is 98.8 Å². The third kappa shape index (κ3) is 4.05. The lowest BCUT2D eigenvalue weighted by atomic mass is 9.79. The lowest BCUT2D eigenvalue weighted by molar-refractivity contribution is 0.661. The van der Waals surface area contributed by atoms with E-state index in [4.69, 9.17) is 4.42 Å². The second-order valence-electron chi connectivity index (χ2n) is 14.8. The highest BCUT2D eigenvalue weighted by Crippen LogP contribution is 2.52. The van der Waals surface area contributed by atoms with Crippen LogP contribution in [0.3, 0.4) is 0 Å². The fourth-order valence-corrected chi connectivity index (χ4v) is 9.20. The number of furan rings is 1. The molecule has 1 heterocycles. The average molecular weight is 663 g/mol. The maximum absolute atomic E-state index is 6.44. The maximum Gasteiger partial charge on any atom is 0.143 e. The topological polar surface area (TPSA) is 13.1 Å². The molecule has 1 aliphatic carbocycles. The van der Waals surface area contributed by atoms with E-state index in [9.17, 15) is 0 Å². The molecular formula is C51H34O. The van der Waals surface area contributed by atoms with Crippen molar-refractivity contribution in [1.29, 1.82) is 0 Å². The Balaban J connectivity index is 1.10. The van der Waals surface area contributed by atoms with E-state index in [2.05, 4.69) is 178 Å². The van der Waals surface area contributed by atoms with Crippen LogP contribution in [-0.4, -0.2) is 0 Å². The summed E-state index contributed by atoms with van der Waals surface area (Å²) in [5, 5.41) is 9.81. The largest absolute Gasteiger partial charge is 0.455 e. The molecule has 1 aliphatic rings. The van der Waals surface area contributed by atoms with Gasteiger partial charge in [0.25, 0.3) is 0 Å². The summed E-state index contributed by atoms with van der Waals surface area (Å²) in [6, 6.07) is 62.4. The second kappa shape index (κ2) is 10.8. The van der Waals surface area contributed by atoms with E-state index >= 15 is 0 Å². The van der Waals surface area contributed by atoms with Crippen molar-refractivity contribution < 1.29 is 4.42 Å². The molecule has 11 rings (SSSR count). The van der Waals surface area contributed by atoms with E-state index < -0.39 is 0 Å². The number of para-hydroxylation sites is 1. The molecule has 1 nitrogen and oxygen atoms in total. The molecule has 9 aromatic carbocycles. The zero-order valence-corrected chi connectivity index (χ0v) is 29.1. The lowest BCUT2D eigenvalue weighted by Gasteiger charge is -2.23. The first kappa shape index (κ1) is 29.3. The number of hydrogen-bond acceptors (Lipinski definition) is 1. The highest BCUT2D eigenvalue weighted by molar-refractivity contribution is 6.22. The van der Waals surface area contributed by atoms with Crippen molar-refractivity contribution in [3.63, 3.8) is 0 Å². The summed E-state index contributed by atoms with van der Waals surface area (Å²) in [6.07, 6.45) is 0. The zero-order chi connectivity index (χ0) is 34.6. The van der Waals surface area contributed by atoms with Crippen LogP contribution in [0, 0.1) is 0 Å². The summed E-state index contributed by atoms with van der Waals surface area (Å²) in [4.78, 5) is 0. The van der Waals surface area contributed by atoms with E-state index in [0.717, 1.165) is 27.3 Å². The van der Waals surface area contributed by atoms with E-state index in [1.807, 2.05) is 6.07 Å². The van der Waals surface area contributed by atoms with Gasteiger partial charge in [-0.05, 0) is 107 Å². The van der Waals surface area contributed by atoms with E-state index in [0.29, 0.717) is 0 Å². The molecule has 0 saturated carbocycles. The highest BCUT2D eigenvalue weighted by atomic mass is 16.3. The van der Waals surface area contributed by atoms with Gasteiger partial charge in [-0.15, -0.1) is 0 Å². The van der Waals surface area contributed by atoms with Gasteiger partial charge in [-0.3, -0.25) is 0 Å². The molecular weight excluding hydrogens is 629 g/mol. The molecule has 52 heavy (non-hydrogen) atoms. The summed E-state index contributed by atoms with van der Waals surface area (Å²) in [5.41, 5.74) is 14.7. The van der Waals surface area contributed by atoms with Gasteiger partial charge in [0.1, 0.15) is 11.2 Å². The molecule has 0 spiro atoms. The smallest absolute Gasteiger partial charge is 0.143 e. The predicted octanol–water partition coefficient (Wildman–Crippen LogP) is 14.4. The van der Waals surface area contributed by atoms with Crippen molar-refractivity contribution in [1.82, 2.24) is 0 Å². The van der Waals surface area contributed by atoms with Crippen molar-refractivity contribution in [3.8, 4) is 44.5 Å². The summed E-state index contributed by atoms with van der Waals surface area (Å²) in [6.45, 7) is 4.79. The van der Waals surface area contributed by atoms with Crippen LogP contribution < -0.4 is 0 Å². The van der Waals surface area contributed by atoms with Crippen molar-refractivity contribution in [2.24, 2.45) is 0 Å². The Labute approximate surface area is 302 Å². The van der Waals surface area contributed by atoms with Crippen LogP contribution in [0.4, 0.5) is 0 Å². The maximum atomic E-state index is 6.44. The summed E-state index contributed by atoms with van der Waals surface area (Å²) < 4.78 is 6.44. The number of rotatable bonds is 3. The molecule has 0 fully saturated rings. The van der Waals surface area contributed by atoms with Crippen molar-refractivity contribution in [2.75, 3.05) is 0 Å². The van der Waals surface area contributed by atoms with Gasteiger partial charge in [0.2, 0.25) is 0 Å². The van der Waals surface area contributed by atoms with Gasteiger partial charge in [0, 0.05) is 21.6 Å². The molecule has 0 amide bonds. The Morgan fingerprint density at radius 2 is 0.827 bits per heavy atom. The Morgan fingerprint density at radius 1 is 0.346 bits per heavy atom. The van der Waals surface area contributed by atoms with Crippen molar-refractivity contribution in [2.45, 2.75) is 19.3 Å². The van der Waals surface area contributed by atoms with Crippen molar-refractivity contribution in [3.05, 3.63) is 181 Å². The third-order valence-electron chi connectivity index (χ3n) is 11.7. The molecule has 0 bridgehead atoms. The minimum atomic E-state index is -0.186. The van der Waals surface area contributed by atoms with E-state index in [-0.39, 0.29) is 5.41 Å². The minimum Gasteiger partial charge on any atom is -0.455 e. The fraction of sp³-hybridized carbons (Fsp3) is 0.0588. The zero-order valence-electron chi connectivity index (χ0n) is 29.1. The molecule has 10 aromatic rings. The van der Waals surface area contributed by atoms with Gasteiger partial charge in [-0.1, -0.05) is 159 Å². The Bertz CT molecular complexity index is 3030. The third-order valence-corrected chi connectivity index (χ3v) is 11.7. The van der Waals surface area contributed by atoms with E-state index in [1.54, 1.807) is 0 Å². The van der Waals surface area contributed by atoms with Gasteiger partial charge >= 0.3 is 0 Å². The minimum absolute atomic E-state index is 0.186. The van der Waals surface area contributed by atoms with Crippen LogP contribution in [-0.2, 0) is 5.41 Å². The Morgan fingerprint density at radius 3 is 1.46 bits per heavy atom. The summed E-state index contributed by atoms with van der Waals surface area (Å²) >= 11 is 0. The molecule has 1 aromatic heterocycles. The van der Waals surface area contributed by atoms with Gasteiger partial charge in [0.15, 0.2) is 0 Å². The molecule has 244 valence electrons. The first-order chi connectivity index (χ1) is 25.6.